The maximum Gasteiger partial charge on any atom is 0.253 e. The van der Waals surface area contributed by atoms with Crippen LogP contribution in [0.3, 0.4) is 0 Å². The van der Waals surface area contributed by atoms with E-state index >= 15 is 0 Å². The second kappa shape index (κ2) is 5.41. The van der Waals surface area contributed by atoms with Gasteiger partial charge in [0.2, 0.25) is 5.89 Å². The zero-order chi connectivity index (χ0) is 14.8. The third kappa shape index (κ3) is 2.53. The molecule has 0 aliphatic heterocycles. The van der Waals surface area contributed by atoms with E-state index in [0.717, 1.165) is 17.7 Å². The number of rotatable bonds is 3. The summed E-state index contributed by atoms with van der Waals surface area (Å²) in [5, 5.41) is 7.45. The first-order chi connectivity index (χ1) is 10.2. The molecule has 0 spiro atoms. The van der Waals surface area contributed by atoms with Gasteiger partial charge in [0.25, 0.3) is 5.89 Å². The first-order valence-corrected chi connectivity index (χ1v) is 6.25. The highest BCUT2D eigenvalue weighted by atomic mass is 19.1. The lowest BCUT2D eigenvalue weighted by atomic mass is 10.1. The van der Waals surface area contributed by atoms with Crippen LogP contribution in [0.1, 0.15) is 17.5 Å². The molecule has 6 heteroatoms. The van der Waals surface area contributed by atoms with Gasteiger partial charge in [-0.1, -0.05) is 36.4 Å². The van der Waals surface area contributed by atoms with Gasteiger partial charge in [0.1, 0.15) is 23.2 Å². The van der Waals surface area contributed by atoms with E-state index in [1.165, 1.54) is 6.07 Å². The van der Waals surface area contributed by atoms with Crippen molar-refractivity contribution in [3.63, 3.8) is 0 Å². The molecule has 0 radical (unpaired) electrons. The molecule has 3 rings (SSSR count). The lowest BCUT2D eigenvalue weighted by Gasteiger charge is -2.06. The zero-order valence-corrected chi connectivity index (χ0v) is 10.8. The summed E-state index contributed by atoms with van der Waals surface area (Å²) in [5.41, 5.74) is 6.42. The predicted octanol–water partition coefficient (Wildman–Crippen LogP) is 3.06. The minimum absolute atomic E-state index is 0.0962. The molecule has 4 nitrogen and oxygen atoms in total. The van der Waals surface area contributed by atoms with Crippen LogP contribution in [0.25, 0.3) is 11.5 Å². The Hall–Kier alpha value is -2.60. The summed E-state index contributed by atoms with van der Waals surface area (Å²) in [6.07, 6.45) is 0. The fourth-order valence-electron chi connectivity index (χ4n) is 1.97. The van der Waals surface area contributed by atoms with Crippen molar-refractivity contribution < 1.29 is 13.2 Å². The van der Waals surface area contributed by atoms with Gasteiger partial charge in [-0.2, -0.15) is 0 Å². The van der Waals surface area contributed by atoms with Crippen molar-refractivity contribution in [2.45, 2.75) is 6.04 Å². The van der Waals surface area contributed by atoms with Crippen molar-refractivity contribution in [1.82, 2.24) is 10.2 Å². The van der Waals surface area contributed by atoms with Crippen molar-refractivity contribution in [2.75, 3.05) is 0 Å². The molecule has 0 bridgehead atoms. The topological polar surface area (TPSA) is 64.9 Å². The molecular weight excluding hydrogens is 276 g/mol. The number of nitrogens with zero attached hydrogens (tertiary/aromatic N) is 2. The van der Waals surface area contributed by atoms with Gasteiger partial charge in [0, 0.05) is 0 Å². The quantitative estimate of drug-likeness (QED) is 0.804. The third-order valence-corrected chi connectivity index (χ3v) is 3.04. The maximum atomic E-state index is 13.7. The molecular formula is C15H11F2N3O. The maximum absolute atomic E-state index is 13.7. The Morgan fingerprint density at radius 3 is 2.24 bits per heavy atom. The summed E-state index contributed by atoms with van der Waals surface area (Å²) in [7, 11) is 0. The molecule has 1 atom stereocenters. The zero-order valence-electron chi connectivity index (χ0n) is 10.8. The number of hydrogen-bond acceptors (Lipinski definition) is 4. The van der Waals surface area contributed by atoms with Gasteiger partial charge in [-0.15, -0.1) is 10.2 Å². The summed E-state index contributed by atoms with van der Waals surface area (Å²) in [5.74, 6) is -1.66. The van der Waals surface area contributed by atoms with Crippen LogP contribution in [0.2, 0.25) is 0 Å². The van der Waals surface area contributed by atoms with Gasteiger partial charge in [-0.3, -0.25) is 0 Å². The van der Waals surface area contributed by atoms with Gasteiger partial charge in [0.05, 0.1) is 0 Å². The van der Waals surface area contributed by atoms with Gasteiger partial charge in [-0.25, -0.2) is 8.78 Å². The predicted molar refractivity (Wildman–Crippen MR) is 72.1 cm³/mol. The highest BCUT2D eigenvalue weighted by molar-refractivity contribution is 5.54. The average molecular weight is 287 g/mol. The highest BCUT2D eigenvalue weighted by Gasteiger charge is 2.21. The lowest BCUT2D eigenvalue weighted by Crippen LogP contribution is -2.11. The average Bonchev–Trinajstić information content (AvgIpc) is 2.97. The molecule has 106 valence electrons. The number of hydrogen-bond donors (Lipinski definition) is 1. The van der Waals surface area contributed by atoms with Crippen LogP contribution in [-0.4, -0.2) is 10.2 Å². The second-order valence-electron chi connectivity index (χ2n) is 4.43. The molecule has 1 unspecified atom stereocenters. The summed E-state index contributed by atoms with van der Waals surface area (Å²) < 4.78 is 32.7. The van der Waals surface area contributed by atoms with Crippen LogP contribution in [0.15, 0.2) is 52.9 Å². The summed E-state index contributed by atoms with van der Waals surface area (Å²) in [4.78, 5) is 0. The minimum atomic E-state index is -0.765. The molecule has 0 amide bonds. The van der Waals surface area contributed by atoms with E-state index < -0.39 is 17.7 Å². The second-order valence-corrected chi connectivity index (χ2v) is 4.43. The van der Waals surface area contributed by atoms with Crippen molar-refractivity contribution in [2.24, 2.45) is 5.73 Å². The first kappa shape index (κ1) is 13.4. The van der Waals surface area contributed by atoms with Crippen LogP contribution < -0.4 is 5.73 Å². The molecule has 0 aliphatic carbocycles. The fraction of sp³-hybridized carbons (Fsp3) is 0.0667. The summed E-state index contributed by atoms with van der Waals surface area (Å²) >= 11 is 0. The monoisotopic (exact) mass is 287 g/mol. The fourth-order valence-corrected chi connectivity index (χ4v) is 1.97. The molecule has 0 saturated heterocycles. The third-order valence-electron chi connectivity index (χ3n) is 3.04. The van der Waals surface area contributed by atoms with E-state index in [4.69, 9.17) is 10.2 Å². The first-order valence-electron chi connectivity index (χ1n) is 6.25. The molecule has 2 aromatic carbocycles. The SMILES string of the molecule is NC(c1ccccc1)c1nnc(-c2c(F)cccc2F)o1. The van der Waals surface area contributed by atoms with E-state index in [1.54, 1.807) is 12.1 Å². The number of aromatic nitrogens is 2. The van der Waals surface area contributed by atoms with Gasteiger partial charge in [0.15, 0.2) is 0 Å². The Labute approximate surface area is 119 Å². The van der Waals surface area contributed by atoms with E-state index in [1.807, 2.05) is 18.2 Å². The molecule has 3 aromatic rings. The smallest absolute Gasteiger partial charge is 0.253 e. The summed E-state index contributed by atoms with van der Waals surface area (Å²) in [6, 6.07) is 12.0. The normalized spacial score (nSPS) is 12.3. The van der Waals surface area contributed by atoms with Crippen LogP contribution in [0.5, 0.6) is 0 Å². The van der Waals surface area contributed by atoms with Crippen LogP contribution in [0, 0.1) is 11.6 Å². The van der Waals surface area contributed by atoms with Crippen molar-refractivity contribution >= 4 is 0 Å². The molecule has 0 fully saturated rings. The van der Waals surface area contributed by atoms with E-state index in [-0.39, 0.29) is 17.3 Å². The van der Waals surface area contributed by atoms with Gasteiger partial charge in [-0.05, 0) is 17.7 Å². The Morgan fingerprint density at radius 1 is 0.905 bits per heavy atom. The standard InChI is InChI=1S/C15H11F2N3O/c16-10-7-4-8-11(17)12(10)14-19-20-15(21-14)13(18)9-5-2-1-3-6-9/h1-8,13H,18H2. The number of benzene rings is 2. The molecule has 0 aliphatic rings. The Bertz CT molecular complexity index is 738. The summed E-state index contributed by atoms with van der Waals surface area (Å²) in [6.45, 7) is 0. The van der Waals surface area contributed by atoms with Crippen molar-refractivity contribution in [1.29, 1.82) is 0 Å². The minimum Gasteiger partial charge on any atom is -0.418 e. The van der Waals surface area contributed by atoms with E-state index in [0.29, 0.717) is 0 Å². The Balaban J connectivity index is 1.97. The number of nitrogens with two attached hydrogens (primary N) is 1. The van der Waals surface area contributed by atoms with E-state index in [9.17, 15) is 8.78 Å². The number of halogens is 2. The van der Waals surface area contributed by atoms with E-state index in [2.05, 4.69) is 10.2 Å². The Kier molecular flexibility index (Phi) is 3.45. The largest absolute Gasteiger partial charge is 0.418 e. The van der Waals surface area contributed by atoms with Crippen molar-refractivity contribution in [3.05, 3.63) is 71.6 Å². The van der Waals surface area contributed by atoms with Gasteiger partial charge >= 0.3 is 0 Å². The molecule has 2 N–H and O–H groups in total. The van der Waals surface area contributed by atoms with Crippen LogP contribution in [-0.2, 0) is 0 Å². The van der Waals surface area contributed by atoms with Crippen molar-refractivity contribution in [3.8, 4) is 11.5 Å². The molecule has 0 saturated carbocycles. The molecule has 21 heavy (non-hydrogen) atoms. The highest BCUT2D eigenvalue weighted by Crippen LogP contribution is 2.27. The molecule has 1 heterocycles. The van der Waals surface area contributed by atoms with Crippen LogP contribution in [0.4, 0.5) is 8.78 Å². The lowest BCUT2D eigenvalue weighted by molar-refractivity contribution is 0.476. The Morgan fingerprint density at radius 2 is 1.57 bits per heavy atom. The van der Waals surface area contributed by atoms with Gasteiger partial charge < -0.3 is 10.2 Å². The van der Waals surface area contributed by atoms with Crippen LogP contribution >= 0.6 is 0 Å². The molecule has 1 aromatic heterocycles.